The molecular weight excluding hydrogens is 328 g/mol. The van der Waals surface area contributed by atoms with Gasteiger partial charge in [0.15, 0.2) is 6.04 Å². The highest BCUT2D eigenvalue weighted by molar-refractivity contribution is 7.13. The zero-order chi connectivity index (χ0) is 17.3. The number of fused-ring (bicyclic) bond motifs is 1. The molecule has 24 heavy (non-hydrogen) atoms. The predicted molar refractivity (Wildman–Crippen MR) is 89.7 cm³/mol. The Labute approximate surface area is 143 Å². The summed E-state index contributed by atoms with van der Waals surface area (Å²) in [5.41, 5.74) is 1.50. The lowest BCUT2D eigenvalue weighted by Gasteiger charge is -2.15. The van der Waals surface area contributed by atoms with E-state index in [0.717, 1.165) is 22.7 Å². The van der Waals surface area contributed by atoms with E-state index < -0.39 is 17.9 Å². The summed E-state index contributed by atoms with van der Waals surface area (Å²) in [5, 5.41) is 12.9. The minimum atomic E-state index is -1.10. The van der Waals surface area contributed by atoms with Crippen molar-refractivity contribution < 1.29 is 19.4 Å². The quantitative estimate of drug-likeness (QED) is 0.869. The summed E-state index contributed by atoms with van der Waals surface area (Å²) in [4.78, 5) is 28.6. The Bertz CT molecular complexity index is 785. The van der Waals surface area contributed by atoms with Crippen LogP contribution < -0.4 is 10.1 Å². The number of amides is 1. The Morgan fingerprint density at radius 1 is 1.38 bits per heavy atom. The number of hydrogen-bond donors (Lipinski definition) is 2. The molecule has 3 rings (SSSR count). The number of hydrogen-bond acceptors (Lipinski definition) is 5. The van der Waals surface area contributed by atoms with Crippen molar-refractivity contribution in [3.05, 3.63) is 45.4 Å². The number of thiazole rings is 1. The third kappa shape index (κ3) is 3.26. The van der Waals surface area contributed by atoms with Crippen molar-refractivity contribution in [2.75, 3.05) is 6.61 Å². The average molecular weight is 346 g/mol. The first-order valence-electron chi connectivity index (χ1n) is 7.70. The highest BCUT2D eigenvalue weighted by Gasteiger charge is 2.25. The number of carboxylic acids is 1. The molecule has 7 heteroatoms. The molecule has 2 aromatic rings. The molecule has 1 aliphatic rings. The van der Waals surface area contributed by atoms with Crippen molar-refractivity contribution in [3.63, 3.8) is 0 Å². The molecule has 2 N–H and O–H groups in total. The molecule has 0 spiro atoms. The standard InChI is InChI=1S/C17H18N2O4S/c1-9(2)16-18-8-13(24-16)15(20)19-14(17(21)22)11-3-4-12-10(7-11)5-6-23-12/h3-4,7-9,14H,5-6H2,1-2H3,(H,19,20)(H,21,22)/t14-/m1/s1. The number of carbonyl (C=O) groups is 2. The van der Waals surface area contributed by atoms with Gasteiger partial charge in [0, 0.05) is 12.3 Å². The first-order valence-corrected chi connectivity index (χ1v) is 8.52. The second-order valence-corrected chi connectivity index (χ2v) is 6.99. The highest BCUT2D eigenvalue weighted by Crippen LogP contribution is 2.29. The second-order valence-electron chi connectivity index (χ2n) is 5.93. The van der Waals surface area contributed by atoms with E-state index in [0.29, 0.717) is 17.0 Å². The smallest absolute Gasteiger partial charge is 0.330 e. The first kappa shape index (κ1) is 16.4. The van der Waals surface area contributed by atoms with Gasteiger partial charge < -0.3 is 15.2 Å². The van der Waals surface area contributed by atoms with E-state index in [1.807, 2.05) is 13.8 Å². The van der Waals surface area contributed by atoms with Crippen molar-refractivity contribution in [3.8, 4) is 5.75 Å². The average Bonchev–Trinajstić information content (AvgIpc) is 3.20. The van der Waals surface area contributed by atoms with Crippen LogP contribution in [-0.2, 0) is 11.2 Å². The van der Waals surface area contributed by atoms with Gasteiger partial charge in [-0.05, 0) is 23.3 Å². The second kappa shape index (κ2) is 6.60. The van der Waals surface area contributed by atoms with Crippen LogP contribution in [0.4, 0.5) is 0 Å². The molecule has 0 aliphatic carbocycles. The molecule has 0 bridgehead atoms. The van der Waals surface area contributed by atoms with Gasteiger partial charge in [-0.1, -0.05) is 19.9 Å². The Kier molecular flexibility index (Phi) is 4.53. The fourth-order valence-corrected chi connectivity index (χ4v) is 3.36. The van der Waals surface area contributed by atoms with Gasteiger partial charge in [-0.3, -0.25) is 4.79 Å². The Morgan fingerprint density at radius 2 is 2.17 bits per heavy atom. The van der Waals surface area contributed by atoms with Crippen LogP contribution >= 0.6 is 11.3 Å². The Morgan fingerprint density at radius 3 is 2.83 bits per heavy atom. The molecule has 0 fully saturated rings. The van der Waals surface area contributed by atoms with Gasteiger partial charge >= 0.3 is 5.97 Å². The molecule has 6 nitrogen and oxygen atoms in total. The molecule has 2 heterocycles. The Balaban J connectivity index is 1.81. The number of rotatable bonds is 5. The van der Waals surface area contributed by atoms with Crippen LogP contribution in [-0.4, -0.2) is 28.6 Å². The van der Waals surface area contributed by atoms with E-state index in [1.54, 1.807) is 18.2 Å². The van der Waals surface area contributed by atoms with E-state index in [9.17, 15) is 14.7 Å². The largest absolute Gasteiger partial charge is 0.493 e. The maximum absolute atomic E-state index is 12.4. The minimum Gasteiger partial charge on any atom is -0.493 e. The zero-order valence-corrected chi connectivity index (χ0v) is 14.2. The molecule has 126 valence electrons. The molecule has 1 amide bonds. The molecule has 1 atom stereocenters. The summed E-state index contributed by atoms with van der Waals surface area (Å²) < 4.78 is 5.43. The number of nitrogens with zero attached hydrogens (tertiary/aromatic N) is 1. The summed E-state index contributed by atoms with van der Waals surface area (Å²) >= 11 is 1.28. The zero-order valence-electron chi connectivity index (χ0n) is 13.4. The van der Waals surface area contributed by atoms with Gasteiger partial charge in [-0.25, -0.2) is 9.78 Å². The molecular formula is C17H18N2O4S. The number of aromatic nitrogens is 1. The highest BCUT2D eigenvalue weighted by atomic mass is 32.1. The lowest BCUT2D eigenvalue weighted by Crippen LogP contribution is -2.33. The molecule has 0 saturated carbocycles. The number of carboxylic acid groups (broad SMARTS) is 1. The Hall–Kier alpha value is -2.41. The van der Waals surface area contributed by atoms with Crippen molar-refractivity contribution in [1.29, 1.82) is 0 Å². The number of aliphatic carboxylic acids is 1. The summed E-state index contributed by atoms with van der Waals surface area (Å²) in [6.45, 7) is 4.59. The number of carbonyl (C=O) groups excluding carboxylic acids is 1. The van der Waals surface area contributed by atoms with Gasteiger partial charge in [0.1, 0.15) is 10.6 Å². The summed E-state index contributed by atoms with van der Waals surface area (Å²) in [7, 11) is 0. The van der Waals surface area contributed by atoms with Crippen molar-refractivity contribution in [1.82, 2.24) is 10.3 Å². The van der Waals surface area contributed by atoms with Crippen LogP contribution in [0.25, 0.3) is 0 Å². The van der Waals surface area contributed by atoms with Crippen LogP contribution in [0, 0.1) is 0 Å². The van der Waals surface area contributed by atoms with Gasteiger partial charge in [0.2, 0.25) is 0 Å². The van der Waals surface area contributed by atoms with E-state index in [1.165, 1.54) is 17.5 Å². The molecule has 1 aromatic carbocycles. The van der Waals surface area contributed by atoms with Crippen LogP contribution in [0.3, 0.4) is 0 Å². The van der Waals surface area contributed by atoms with Crippen molar-refractivity contribution >= 4 is 23.2 Å². The van der Waals surface area contributed by atoms with Gasteiger partial charge in [0.25, 0.3) is 5.91 Å². The number of benzene rings is 1. The summed E-state index contributed by atoms with van der Waals surface area (Å²) in [6.07, 6.45) is 2.24. The van der Waals surface area contributed by atoms with E-state index in [-0.39, 0.29) is 5.92 Å². The normalized spacial score (nSPS) is 14.1. The van der Waals surface area contributed by atoms with Crippen LogP contribution in [0.5, 0.6) is 5.75 Å². The van der Waals surface area contributed by atoms with Crippen LogP contribution in [0.2, 0.25) is 0 Å². The maximum atomic E-state index is 12.4. The van der Waals surface area contributed by atoms with Crippen LogP contribution in [0.15, 0.2) is 24.4 Å². The number of ether oxygens (including phenoxy) is 1. The molecule has 1 aliphatic heterocycles. The van der Waals surface area contributed by atoms with Crippen molar-refractivity contribution in [2.45, 2.75) is 32.2 Å². The van der Waals surface area contributed by atoms with E-state index in [4.69, 9.17) is 4.74 Å². The predicted octanol–water partition coefficient (Wildman–Crippen LogP) is 2.76. The van der Waals surface area contributed by atoms with E-state index in [2.05, 4.69) is 10.3 Å². The molecule has 0 radical (unpaired) electrons. The summed E-state index contributed by atoms with van der Waals surface area (Å²) in [6, 6.07) is 4.11. The fraction of sp³-hybridized carbons (Fsp3) is 0.353. The summed E-state index contributed by atoms with van der Waals surface area (Å²) in [5.74, 6) is -0.527. The minimum absolute atomic E-state index is 0.225. The van der Waals surface area contributed by atoms with Gasteiger partial charge in [-0.2, -0.15) is 0 Å². The fourth-order valence-electron chi connectivity index (χ4n) is 2.54. The third-order valence-electron chi connectivity index (χ3n) is 3.81. The third-order valence-corrected chi connectivity index (χ3v) is 5.11. The van der Waals surface area contributed by atoms with Gasteiger partial charge in [-0.15, -0.1) is 11.3 Å². The van der Waals surface area contributed by atoms with Crippen LogP contribution in [0.1, 0.15) is 51.6 Å². The first-order chi connectivity index (χ1) is 11.5. The maximum Gasteiger partial charge on any atom is 0.330 e. The van der Waals surface area contributed by atoms with Crippen molar-refractivity contribution in [2.24, 2.45) is 0 Å². The molecule has 0 saturated heterocycles. The van der Waals surface area contributed by atoms with E-state index >= 15 is 0 Å². The SMILES string of the molecule is CC(C)c1ncc(C(=O)N[C@@H](C(=O)O)c2ccc3c(c2)CCO3)s1. The monoisotopic (exact) mass is 346 g/mol. The lowest BCUT2D eigenvalue weighted by molar-refractivity contribution is -0.139. The molecule has 0 unspecified atom stereocenters. The topological polar surface area (TPSA) is 88.5 Å². The molecule has 1 aromatic heterocycles. The number of nitrogens with one attached hydrogen (secondary N) is 1. The lowest BCUT2D eigenvalue weighted by atomic mass is 10.0. The van der Waals surface area contributed by atoms with Gasteiger partial charge in [0.05, 0.1) is 17.8 Å².